The SMILES string of the molecule is S=c1nc(-c2ccccc2)n2c(-c3ccc(Cl)cc3)csc2n1. The summed E-state index contributed by atoms with van der Waals surface area (Å²) in [6.45, 7) is 0. The Morgan fingerprint density at radius 1 is 0.913 bits per heavy atom. The van der Waals surface area contributed by atoms with Gasteiger partial charge in [0.1, 0.15) is 5.82 Å². The van der Waals surface area contributed by atoms with E-state index in [1.807, 2.05) is 59.0 Å². The highest BCUT2D eigenvalue weighted by atomic mass is 35.5. The van der Waals surface area contributed by atoms with E-state index in [4.69, 9.17) is 23.8 Å². The van der Waals surface area contributed by atoms with Gasteiger partial charge in [0.25, 0.3) is 0 Å². The number of thiazole rings is 1. The summed E-state index contributed by atoms with van der Waals surface area (Å²) < 4.78 is 2.40. The van der Waals surface area contributed by atoms with Crippen LogP contribution >= 0.6 is 35.2 Å². The Kier molecular flexibility index (Phi) is 3.69. The first-order valence-corrected chi connectivity index (χ1v) is 8.58. The number of rotatable bonds is 2. The molecule has 6 heteroatoms. The second-order valence-corrected chi connectivity index (χ2v) is 6.58. The third-order valence-corrected chi connectivity index (χ3v) is 4.75. The molecule has 0 fully saturated rings. The van der Waals surface area contributed by atoms with Crippen LogP contribution in [0.3, 0.4) is 0 Å². The van der Waals surface area contributed by atoms with Crippen LogP contribution in [-0.4, -0.2) is 14.4 Å². The molecule has 0 bridgehead atoms. The van der Waals surface area contributed by atoms with Gasteiger partial charge in [0.2, 0.25) is 4.77 Å². The van der Waals surface area contributed by atoms with E-state index in [0.717, 1.165) is 27.6 Å². The minimum Gasteiger partial charge on any atom is -0.268 e. The van der Waals surface area contributed by atoms with Crippen LogP contribution in [0, 0.1) is 4.77 Å². The molecular formula is C17H10ClN3S2. The summed E-state index contributed by atoms with van der Waals surface area (Å²) in [6, 6.07) is 17.7. The molecule has 2 aromatic heterocycles. The van der Waals surface area contributed by atoms with Crippen molar-refractivity contribution in [2.75, 3.05) is 0 Å². The Labute approximate surface area is 146 Å². The van der Waals surface area contributed by atoms with Gasteiger partial charge in [0, 0.05) is 16.0 Å². The second kappa shape index (κ2) is 5.85. The van der Waals surface area contributed by atoms with Gasteiger partial charge in [0.15, 0.2) is 4.96 Å². The highest BCUT2D eigenvalue weighted by Crippen LogP contribution is 2.30. The Balaban J connectivity index is 2.04. The van der Waals surface area contributed by atoms with Crippen molar-refractivity contribution in [2.24, 2.45) is 0 Å². The summed E-state index contributed by atoms with van der Waals surface area (Å²) in [5.41, 5.74) is 3.09. The number of nitrogens with zero attached hydrogens (tertiary/aromatic N) is 3. The predicted molar refractivity (Wildman–Crippen MR) is 97.6 cm³/mol. The molecule has 0 saturated heterocycles. The fraction of sp³-hybridized carbons (Fsp3) is 0. The van der Waals surface area contributed by atoms with E-state index in [0.29, 0.717) is 9.79 Å². The lowest BCUT2D eigenvalue weighted by atomic mass is 10.1. The summed E-state index contributed by atoms with van der Waals surface area (Å²) in [5.74, 6) is 0.798. The van der Waals surface area contributed by atoms with Crippen LogP contribution < -0.4 is 0 Å². The molecule has 0 radical (unpaired) electrons. The van der Waals surface area contributed by atoms with Gasteiger partial charge >= 0.3 is 0 Å². The third kappa shape index (κ3) is 2.67. The number of hydrogen-bond donors (Lipinski definition) is 0. The van der Waals surface area contributed by atoms with Crippen LogP contribution in [0.4, 0.5) is 0 Å². The van der Waals surface area contributed by atoms with Crippen molar-refractivity contribution in [3.8, 4) is 22.6 Å². The molecule has 0 N–H and O–H groups in total. The van der Waals surface area contributed by atoms with Crippen LogP contribution in [0.15, 0.2) is 60.0 Å². The highest BCUT2D eigenvalue weighted by molar-refractivity contribution is 7.71. The van der Waals surface area contributed by atoms with Crippen LogP contribution in [0.2, 0.25) is 5.02 Å². The van der Waals surface area contributed by atoms with E-state index in [-0.39, 0.29) is 0 Å². The van der Waals surface area contributed by atoms with Gasteiger partial charge in [0.05, 0.1) is 5.69 Å². The Morgan fingerprint density at radius 3 is 2.39 bits per heavy atom. The van der Waals surface area contributed by atoms with E-state index in [1.165, 1.54) is 0 Å². The average Bonchev–Trinajstić information content (AvgIpc) is 2.99. The van der Waals surface area contributed by atoms with Crippen LogP contribution in [0.5, 0.6) is 0 Å². The van der Waals surface area contributed by atoms with E-state index >= 15 is 0 Å². The van der Waals surface area contributed by atoms with E-state index in [1.54, 1.807) is 11.3 Å². The minimum atomic E-state index is 0.355. The van der Waals surface area contributed by atoms with Gasteiger partial charge in [-0.2, -0.15) is 9.97 Å². The van der Waals surface area contributed by atoms with Gasteiger partial charge in [-0.3, -0.25) is 4.40 Å². The van der Waals surface area contributed by atoms with Crippen molar-refractivity contribution < 1.29 is 0 Å². The summed E-state index contributed by atoms with van der Waals surface area (Å²) in [5, 5.41) is 2.78. The highest BCUT2D eigenvalue weighted by Gasteiger charge is 2.13. The summed E-state index contributed by atoms with van der Waals surface area (Å²) in [4.78, 5) is 9.71. The van der Waals surface area contributed by atoms with Crippen LogP contribution in [-0.2, 0) is 0 Å². The Hall–Kier alpha value is -2.08. The number of hydrogen-bond acceptors (Lipinski definition) is 4. The first kappa shape index (κ1) is 14.5. The quantitative estimate of drug-likeness (QED) is 0.444. The molecule has 2 heterocycles. The third-order valence-electron chi connectivity index (χ3n) is 3.48. The fourth-order valence-electron chi connectivity index (χ4n) is 2.44. The molecule has 4 rings (SSSR count). The zero-order valence-corrected chi connectivity index (χ0v) is 14.2. The van der Waals surface area contributed by atoms with Gasteiger partial charge in [-0.05, 0) is 29.9 Å². The standard InChI is InChI=1S/C17H10ClN3S2/c18-13-8-6-11(7-9-13)14-10-23-17-20-16(22)19-15(21(14)17)12-4-2-1-3-5-12/h1-10H. The zero-order chi connectivity index (χ0) is 15.8. The molecule has 0 atom stereocenters. The van der Waals surface area contributed by atoms with Crippen molar-refractivity contribution in [3.05, 3.63) is 69.8 Å². The maximum atomic E-state index is 6.00. The lowest BCUT2D eigenvalue weighted by Gasteiger charge is -2.08. The molecule has 0 amide bonds. The van der Waals surface area contributed by atoms with Crippen molar-refractivity contribution in [3.63, 3.8) is 0 Å². The second-order valence-electron chi connectivity index (χ2n) is 4.94. The number of aromatic nitrogens is 3. The van der Waals surface area contributed by atoms with Crippen molar-refractivity contribution in [2.45, 2.75) is 0 Å². The van der Waals surface area contributed by atoms with Crippen LogP contribution in [0.25, 0.3) is 27.6 Å². The summed E-state index contributed by atoms with van der Waals surface area (Å²) >= 11 is 12.8. The first-order valence-electron chi connectivity index (χ1n) is 6.92. The maximum absolute atomic E-state index is 6.00. The molecule has 2 aromatic carbocycles. The summed E-state index contributed by atoms with van der Waals surface area (Å²) in [7, 11) is 0. The number of fused-ring (bicyclic) bond motifs is 1. The maximum Gasteiger partial charge on any atom is 0.223 e. The van der Waals surface area contributed by atoms with E-state index in [2.05, 4.69) is 15.3 Å². The molecule has 0 aliphatic heterocycles. The molecule has 0 saturated carbocycles. The lowest BCUT2D eigenvalue weighted by molar-refractivity contribution is 1.03. The lowest BCUT2D eigenvalue weighted by Crippen LogP contribution is -2.00. The molecule has 0 aliphatic carbocycles. The van der Waals surface area contributed by atoms with Gasteiger partial charge < -0.3 is 0 Å². The van der Waals surface area contributed by atoms with Crippen LogP contribution in [0.1, 0.15) is 0 Å². The molecule has 112 valence electrons. The topological polar surface area (TPSA) is 30.2 Å². The van der Waals surface area contributed by atoms with E-state index < -0.39 is 0 Å². The van der Waals surface area contributed by atoms with Gasteiger partial charge in [-0.15, -0.1) is 11.3 Å². The summed E-state index contributed by atoms with van der Waals surface area (Å²) in [6.07, 6.45) is 0. The molecule has 3 nitrogen and oxygen atoms in total. The average molecular weight is 356 g/mol. The molecule has 23 heavy (non-hydrogen) atoms. The smallest absolute Gasteiger partial charge is 0.223 e. The predicted octanol–water partition coefficient (Wildman–Crippen LogP) is 5.51. The number of halogens is 1. The molecular weight excluding hydrogens is 346 g/mol. The largest absolute Gasteiger partial charge is 0.268 e. The fourth-order valence-corrected chi connectivity index (χ4v) is 3.69. The van der Waals surface area contributed by atoms with E-state index in [9.17, 15) is 0 Å². The van der Waals surface area contributed by atoms with Crippen molar-refractivity contribution in [1.29, 1.82) is 0 Å². The van der Waals surface area contributed by atoms with Gasteiger partial charge in [-0.25, -0.2) is 0 Å². The Morgan fingerprint density at radius 2 is 1.65 bits per heavy atom. The van der Waals surface area contributed by atoms with Crippen molar-refractivity contribution in [1.82, 2.24) is 14.4 Å². The zero-order valence-electron chi connectivity index (χ0n) is 11.8. The Bertz CT molecular complexity index is 1040. The molecule has 0 unspecified atom stereocenters. The molecule has 0 spiro atoms. The van der Waals surface area contributed by atoms with Crippen molar-refractivity contribution >= 4 is 40.1 Å². The normalized spacial score (nSPS) is 11.0. The van der Waals surface area contributed by atoms with Gasteiger partial charge in [-0.1, -0.05) is 54.1 Å². The number of benzene rings is 2. The first-order chi connectivity index (χ1) is 11.2. The monoisotopic (exact) mass is 355 g/mol. The molecule has 0 aliphatic rings. The molecule has 4 aromatic rings. The minimum absolute atomic E-state index is 0.355.